The Kier molecular flexibility index (Phi) is 4.81. The van der Waals surface area contributed by atoms with E-state index in [0.717, 1.165) is 0 Å². The molecule has 3 rings (SSSR count). The van der Waals surface area contributed by atoms with Gasteiger partial charge in [-0.15, -0.1) is 0 Å². The number of methoxy groups -OCH3 is 1. The monoisotopic (exact) mass is 347 g/mol. The third kappa shape index (κ3) is 3.34. The van der Waals surface area contributed by atoms with Gasteiger partial charge in [-0.2, -0.15) is 18.3 Å². The zero-order valence-corrected chi connectivity index (χ0v) is 12.5. The molecule has 2 aromatic rings. The molecule has 24 heavy (non-hydrogen) atoms. The van der Waals surface area contributed by atoms with Crippen LogP contribution in [0.1, 0.15) is 5.82 Å². The Labute approximate surface area is 133 Å². The number of hydrogen-bond donors (Lipinski definition) is 1. The van der Waals surface area contributed by atoms with E-state index in [4.69, 9.17) is 24.1 Å². The Morgan fingerprint density at radius 1 is 1.33 bits per heavy atom. The number of alkyl halides is 3. The van der Waals surface area contributed by atoms with Gasteiger partial charge >= 0.3 is 6.18 Å². The van der Waals surface area contributed by atoms with Crippen LogP contribution in [0, 0.1) is 0 Å². The summed E-state index contributed by atoms with van der Waals surface area (Å²) in [6.07, 6.45) is -4.58. The first-order chi connectivity index (χ1) is 11.3. The fourth-order valence-electron chi connectivity index (χ4n) is 2.01. The first kappa shape index (κ1) is 17.4. The molecule has 1 aromatic carbocycles. The lowest BCUT2D eigenvalue weighted by Crippen LogP contribution is -2.13. The first-order valence-corrected chi connectivity index (χ1v) is 6.36. The second-order valence-electron chi connectivity index (χ2n) is 4.39. The summed E-state index contributed by atoms with van der Waals surface area (Å²) in [5.41, 5.74) is 0.299. The van der Waals surface area contributed by atoms with E-state index in [1.165, 1.54) is 26.3 Å². The second kappa shape index (κ2) is 6.64. The first-order valence-electron chi connectivity index (χ1n) is 6.36. The lowest BCUT2D eigenvalue weighted by atomic mass is 10.1. The molecule has 0 bridgehead atoms. The number of ether oxygens (including phenoxy) is 3. The number of halogens is 3. The number of fused-ring (bicyclic) bond motifs is 1. The van der Waals surface area contributed by atoms with E-state index in [-0.39, 0.29) is 19.1 Å². The number of carboxylic acid groups (broad SMARTS) is 1. The van der Waals surface area contributed by atoms with Gasteiger partial charge in [0.15, 0.2) is 17.3 Å². The average Bonchev–Trinajstić information content (AvgIpc) is 3.11. The van der Waals surface area contributed by atoms with Crippen molar-refractivity contribution >= 4 is 6.47 Å². The van der Waals surface area contributed by atoms with Crippen molar-refractivity contribution in [2.45, 2.75) is 6.18 Å². The minimum atomic E-state index is -4.58. The number of aryl methyl sites for hydroxylation is 1. The zero-order valence-electron chi connectivity index (χ0n) is 12.5. The SMILES string of the molecule is COc1cc2c(cc1-c1nc(C(F)(F)F)n(C)n1)OCO2.O=CO. The maximum atomic E-state index is 12.8. The Morgan fingerprint density at radius 2 is 1.92 bits per heavy atom. The number of benzene rings is 1. The van der Waals surface area contributed by atoms with Crippen LogP contribution in [0.25, 0.3) is 11.4 Å². The van der Waals surface area contributed by atoms with Gasteiger partial charge < -0.3 is 19.3 Å². The van der Waals surface area contributed by atoms with E-state index in [9.17, 15) is 13.2 Å². The highest BCUT2D eigenvalue weighted by Gasteiger charge is 2.37. The molecule has 0 saturated heterocycles. The Morgan fingerprint density at radius 3 is 2.42 bits per heavy atom. The van der Waals surface area contributed by atoms with Crippen molar-refractivity contribution in [3.8, 4) is 28.6 Å². The minimum absolute atomic E-state index is 0.0470. The lowest BCUT2D eigenvalue weighted by Gasteiger charge is -2.06. The molecule has 1 aliphatic heterocycles. The summed E-state index contributed by atoms with van der Waals surface area (Å²) in [6.45, 7) is -0.203. The van der Waals surface area contributed by atoms with Gasteiger partial charge in [-0.25, -0.2) is 9.67 Å². The molecule has 8 nitrogen and oxygen atoms in total. The van der Waals surface area contributed by atoms with Gasteiger partial charge in [-0.1, -0.05) is 0 Å². The van der Waals surface area contributed by atoms with Crippen molar-refractivity contribution in [1.82, 2.24) is 14.8 Å². The smallest absolute Gasteiger partial charge is 0.451 e. The van der Waals surface area contributed by atoms with Crippen molar-refractivity contribution in [1.29, 1.82) is 0 Å². The third-order valence-corrected chi connectivity index (χ3v) is 2.95. The van der Waals surface area contributed by atoms with E-state index in [1.807, 2.05) is 0 Å². The molecule has 0 saturated carbocycles. The summed E-state index contributed by atoms with van der Waals surface area (Å²) in [5, 5.41) is 10.7. The normalized spacial score (nSPS) is 12.4. The van der Waals surface area contributed by atoms with Crippen molar-refractivity contribution in [3.63, 3.8) is 0 Å². The van der Waals surface area contributed by atoms with Gasteiger partial charge in [0.05, 0.1) is 12.7 Å². The fourth-order valence-corrected chi connectivity index (χ4v) is 2.01. The maximum absolute atomic E-state index is 12.8. The molecular formula is C13H12F3N3O5. The molecular weight excluding hydrogens is 335 g/mol. The summed E-state index contributed by atoms with van der Waals surface area (Å²) in [6, 6.07) is 3.03. The van der Waals surface area contributed by atoms with Crippen LogP contribution in [0.15, 0.2) is 12.1 Å². The van der Waals surface area contributed by atoms with Gasteiger partial charge in [-0.05, 0) is 6.07 Å². The Balaban J connectivity index is 0.000000647. The van der Waals surface area contributed by atoms with Gasteiger partial charge in [-0.3, -0.25) is 4.79 Å². The Hall–Kier alpha value is -2.98. The van der Waals surface area contributed by atoms with Crippen molar-refractivity contribution < 1.29 is 37.3 Å². The summed E-state index contributed by atoms with van der Waals surface area (Å²) in [4.78, 5) is 11.9. The molecule has 0 unspecified atom stereocenters. The van der Waals surface area contributed by atoms with Crippen LogP contribution in [0.3, 0.4) is 0 Å². The standard InChI is InChI=1S/C12H10F3N3O3.CH2O2/c1-18-11(12(13,14)15)16-10(17-18)6-3-8-9(21-5-20-8)4-7(6)19-2;2-1-3/h3-4H,5H2,1-2H3;1H,(H,2,3). The van der Waals surface area contributed by atoms with E-state index in [2.05, 4.69) is 10.1 Å². The van der Waals surface area contributed by atoms with Crippen LogP contribution < -0.4 is 14.2 Å². The van der Waals surface area contributed by atoms with Crippen molar-refractivity contribution in [3.05, 3.63) is 18.0 Å². The van der Waals surface area contributed by atoms with Crippen LogP contribution in [-0.4, -0.2) is 40.2 Å². The molecule has 0 atom stereocenters. The molecule has 1 aromatic heterocycles. The van der Waals surface area contributed by atoms with E-state index in [1.54, 1.807) is 0 Å². The third-order valence-electron chi connectivity index (χ3n) is 2.95. The number of nitrogens with zero attached hydrogens (tertiary/aromatic N) is 3. The highest BCUT2D eigenvalue weighted by Crippen LogP contribution is 2.42. The average molecular weight is 347 g/mol. The van der Waals surface area contributed by atoms with Gasteiger partial charge in [0, 0.05) is 13.1 Å². The molecule has 11 heteroatoms. The number of carbonyl (C=O) groups is 1. The van der Waals surface area contributed by atoms with Gasteiger partial charge in [0.25, 0.3) is 6.47 Å². The molecule has 130 valence electrons. The summed E-state index contributed by atoms with van der Waals surface area (Å²) < 4.78 is 54.6. The molecule has 1 aliphatic rings. The molecule has 0 aliphatic carbocycles. The minimum Gasteiger partial charge on any atom is -0.496 e. The predicted octanol–water partition coefficient (Wildman–Crippen LogP) is 1.94. The van der Waals surface area contributed by atoms with Crippen LogP contribution >= 0.6 is 0 Å². The highest BCUT2D eigenvalue weighted by atomic mass is 19.4. The summed E-state index contributed by atoms with van der Waals surface area (Å²) >= 11 is 0. The molecule has 1 N–H and O–H groups in total. The number of rotatable bonds is 2. The summed E-state index contributed by atoms with van der Waals surface area (Å²) in [7, 11) is 2.58. The summed E-state index contributed by atoms with van der Waals surface area (Å²) in [5.74, 6) is -0.00911. The number of hydrogen-bond acceptors (Lipinski definition) is 6. The zero-order chi connectivity index (χ0) is 17.9. The molecule has 0 fully saturated rings. The van der Waals surface area contributed by atoms with Crippen molar-refractivity contribution in [2.75, 3.05) is 13.9 Å². The second-order valence-corrected chi connectivity index (χ2v) is 4.39. The molecule has 2 heterocycles. The van der Waals surface area contributed by atoms with E-state index in [0.29, 0.717) is 27.5 Å². The maximum Gasteiger partial charge on any atom is 0.451 e. The van der Waals surface area contributed by atoms with Crippen LogP contribution in [0.2, 0.25) is 0 Å². The predicted molar refractivity (Wildman–Crippen MR) is 72.8 cm³/mol. The van der Waals surface area contributed by atoms with Crippen LogP contribution in [-0.2, 0) is 18.0 Å². The Bertz CT molecular complexity index is 745. The van der Waals surface area contributed by atoms with Crippen LogP contribution in [0.4, 0.5) is 13.2 Å². The lowest BCUT2D eigenvalue weighted by molar-refractivity contribution is -0.147. The van der Waals surface area contributed by atoms with Gasteiger partial charge in [0.2, 0.25) is 12.6 Å². The van der Waals surface area contributed by atoms with E-state index < -0.39 is 12.0 Å². The number of aromatic nitrogens is 3. The largest absolute Gasteiger partial charge is 0.496 e. The molecule has 0 spiro atoms. The molecule has 0 radical (unpaired) electrons. The van der Waals surface area contributed by atoms with Crippen LogP contribution in [0.5, 0.6) is 17.2 Å². The quantitative estimate of drug-likeness (QED) is 0.830. The fraction of sp³-hybridized carbons (Fsp3) is 0.308. The van der Waals surface area contributed by atoms with E-state index >= 15 is 0 Å². The van der Waals surface area contributed by atoms with Crippen molar-refractivity contribution in [2.24, 2.45) is 7.05 Å². The topological polar surface area (TPSA) is 95.7 Å². The van der Waals surface area contributed by atoms with Gasteiger partial charge in [0.1, 0.15) is 5.75 Å². The highest BCUT2D eigenvalue weighted by molar-refractivity contribution is 5.69. The molecule has 0 amide bonds.